The van der Waals surface area contributed by atoms with Gasteiger partial charge in [-0.25, -0.2) is 0 Å². The molecule has 0 bridgehead atoms. The van der Waals surface area contributed by atoms with Crippen molar-refractivity contribution in [2.24, 2.45) is 0 Å². The van der Waals surface area contributed by atoms with Crippen LogP contribution in [-0.2, 0) is 0 Å². The van der Waals surface area contributed by atoms with Gasteiger partial charge in [-0.1, -0.05) is 6.08 Å². The van der Waals surface area contributed by atoms with Gasteiger partial charge >= 0.3 is 7.27 Å². The first-order valence-corrected chi connectivity index (χ1v) is 2.09. The lowest BCUT2D eigenvalue weighted by atomic mass is 9.87. The highest BCUT2D eigenvalue weighted by Gasteiger charge is 2.12. The molecule has 0 saturated carbocycles. The Morgan fingerprint density at radius 2 is 2.00 bits per heavy atom. The van der Waals surface area contributed by atoms with E-state index >= 15 is 0 Å². The lowest BCUT2D eigenvalue weighted by molar-refractivity contribution is 0.674. The second-order valence-corrected chi connectivity index (χ2v) is 1.33. The van der Waals surface area contributed by atoms with Gasteiger partial charge in [-0.05, 0) is 19.3 Å². The lowest BCUT2D eigenvalue weighted by Crippen LogP contribution is -1.96. The molecule has 0 N–H and O–H groups in total. The average Bonchev–Trinajstić information content (AvgIpc) is 1.65. The molecule has 0 atom stereocenters. The normalized spacial score (nSPS) is 11.7. The lowest BCUT2D eigenvalue weighted by Gasteiger charge is -1.86. The standard InChI is InChI=1S/C4H7BF2/c1-3-4(2)5(6)7/h3H,1-2H3/b4-3+. The van der Waals surface area contributed by atoms with Crippen molar-refractivity contribution >= 4 is 7.27 Å². The van der Waals surface area contributed by atoms with Gasteiger partial charge in [0.2, 0.25) is 0 Å². The van der Waals surface area contributed by atoms with Crippen LogP contribution >= 0.6 is 0 Å². The van der Waals surface area contributed by atoms with Gasteiger partial charge in [0, 0.05) is 0 Å². The summed E-state index contributed by atoms with van der Waals surface area (Å²) in [6.45, 7) is 3.01. The van der Waals surface area contributed by atoms with Crippen LogP contribution in [0.2, 0.25) is 0 Å². The van der Waals surface area contributed by atoms with Gasteiger partial charge in [-0.2, -0.15) is 0 Å². The van der Waals surface area contributed by atoms with Crippen LogP contribution < -0.4 is 0 Å². The van der Waals surface area contributed by atoms with Gasteiger partial charge in [0.25, 0.3) is 0 Å². The molecule has 0 aromatic rings. The molecule has 0 nitrogen and oxygen atoms in total. The first-order valence-electron chi connectivity index (χ1n) is 2.09. The molecule has 40 valence electrons. The zero-order chi connectivity index (χ0) is 5.86. The maximum Gasteiger partial charge on any atom is 0.567 e. The van der Waals surface area contributed by atoms with E-state index in [0.717, 1.165) is 0 Å². The van der Waals surface area contributed by atoms with Crippen molar-refractivity contribution in [3.63, 3.8) is 0 Å². The summed E-state index contributed by atoms with van der Waals surface area (Å²) in [5.41, 5.74) is 0.139. The second-order valence-electron chi connectivity index (χ2n) is 1.33. The number of hydrogen-bond donors (Lipinski definition) is 0. The van der Waals surface area contributed by atoms with Gasteiger partial charge in [0.1, 0.15) is 0 Å². The Bertz CT molecular complexity index is 77.8. The van der Waals surface area contributed by atoms with Crippen LogP contribution in [0, 0.1) is 0 Å². The predicted octanol–water partition coefficient (Wildman–Crippen LogP) is 1.92. The summed E-state index contributed by atoms with van der Waals surface area (Å²) in [6, 6.07) is 0. The van der Waals surface area contributed by atoms with Crippen LogP contribution in [0.4, 0.5) is 8.63 Å². The van der Waals surface area contributed by atoms with E-state index in [1.54, 1.807) is 6.92 Å². The third-order valence-electron chi connectivity index (χ3n) is 0.800. The Morgan fingerprint density at radius 1 is 1.57 bits per heavy atom. The van der Waals surface area contributed by atoms with E-state index in [1.165, 1.54) is 13.0 Å². The third-order valence-corrected chi connectivity index (χ3v) is 0.800. The van der Waals surface area contributed by atoms with Crippen molar-refractivity contribution < 1.29 is 8.63 Å². The molecule has 0 aromatic heterocycles. The second kappa shape index (κ2) is 2.78. The van der Waals surface area contributed by atoms with E-state index in [-0.39, 0.29) is 5.47 Å². The maximum atomic E-state index is 11.4. The molecule has 0 unspecified atom stereocenters. The molecular formula is C4H7BF2. The van der Waals surface area contributed by atoms with E-state index in [4.69, 9.17) is 0 Å². The molecule has 0 rings (SSSR count). The molecule has 0 spiro atoms. The van der Waals surface area contributed by atoms with Crippen LogP contribution in [0.25, 0.3) is 0 Å². The van der Waals surface area contributed by atoms with Crippen LogP contribution in [0.15, 0.2) is 11.5 Å². The summed E-state index contributed by atoms with van der Waals surface area (Å²) < 4.78 is 22.7. The smallest absolute Gasteiger partial charge is 0.281 e. The van der Waals surface area contributed by atoms with Crippen molar-refractivity contribution in [1.82, 2.24) is 0 Å². The topological polar surface area (TPSA) is 0 Å². The highest BCUT2D eigenvalue weighted by molar-refractivity contribution is 6.51. The Morgan fingerprint density at radius 3 is 2.00 bits per heavy atom. The summed E-state index contributed by atoms with van der Waals surface area (Å²) in [6.07, 6.45) is 1.41. The summed E-state index contributed by atoms with van der Waals surface area (Å²) in [7, 11) is -2.27. The largest absolute Gasteiger partial charge is 0.567 e. The molecular weight excluding hydrogens is 96.9 g/mol. The Balaban J connectivity index is 3.56. The Kier molecular flexibility index (Phi) is 2.64. The minimum Gasteiger partial charge on any atom is -0.281 e. The highest BCUT2D eigenvalue weighted by atomic mass is 19.2. The molecule has 0 fully saturated rings. The molecule has 0 aliphatic heterocycles. The molecule has 7 heavy (non-hydrogen) atoms. The van der Waals surface area contributed by atoms with Gasteiger partial charge in [-0.3, -0.25) is 8.63 Å². The number of halogens is 2. The van der Waals surface area contributed by atoms with Crippen LogP contribution in [-0.4, -0.2) is 7.27 Å². The first kappa shape index (κ1) is 6.66. The summed E-state index contributed by atoms with van der Waals surface area (Å²) in [5, 5.41) is 0. The van der Waals surface area contributed by atoms with Crippen LogP contribution in [0.5, 0.6) is 0 Å². The fourth-order valence-corrected chi connectivity index (χ4v) is 0.126. The number of rotatable bonds is 1. The fraction of sp³-hybridized carbons (Fsp3) is 0.500. The summed E-state index contributed by atoms with van der Waals surface area (Å²) in [4.78, 5) is 0. The number of hydrogen-bond acceptors (Lipinski definition) is 0. The molecule has 3 heteroatoms. The van der Waals surface area contributed by atoms with Crippen molar-refractivity contribution in [2.45, 2.75) is 13.8 Å². The molecule has 0 radical (unpaired) electrons. The highest BCUT2D eigenvalue weighted by Crippen LogP contribution is 1.99. The molecule has 0 aliphatic rings. The van der Waals surface area contributed by atoms with E-state index in [1.807, 2.05) is 0 Å². The van der Waals surface area contributed by atoms with Gasteiger partial charge in [0.05, 0.1) is 0 Å². The predicted molar refractivity (Wildman–Crippen MR) is 27.4 cm³/mol. The minimum atomic E-state index is -2.27. The van der Waals surface area contributed by atoms with Gasteiger partial charge in [0.15, 0.2) is 0 Å². The Hall–Kier alpha value is -0.335. The quantitative estimate of drug-likeness (QED) is 0.445. The number of allylic oxidation sites excluding steroid dienone is 2. The molecule has 0 heterocycles. The average molecular weight is 104 g/mol. The van der Waals surface area contributed by atoms with E-state index < -0.39 is 7.27 Å². The van der Waals surface area contributed by atoms with Crippen LogP contribution in [0.3, 0.4) is 0 Å². The zero-order valence-electron chi connectivity index (χ0n) is 4.41. The maximum absolute atomic E-state index is 11.4. The first-order chi connectivity index (χ1) is 3.18. The summed E-state index contributed by atoms with van der Waals surface area (Å²) >= 11 is 0. The Labute approximate surface area is 42.4 Å². The minimum absolute atomic E-state index is 0.139. The molecule has 0 amide bonds. The third kappa shape index (κ3) is 2.37. The van der Waals surface area contributed by atoms with Crippen molar-refractivity contribution in [3.05, 3.63) is 11.5 Å². The van der Waals surface area contributed by atoms with Crippen LogP contribution in [0.1, 0.15) is 13.8 Å². The monoisotopic (exact) mass is 104 g/mol. The summed E-state index contributed by atoms with van der Waals surface area (Å²) in [5.74, 6) is 0. The van der Waals surface area contributed by atoms with E-state index in [9.17, 15) is 8.63 Å². The zero-order valence-corrected chi connectivity index (χ0v) is 4.41. The van der Waals surface area contributed by atoms with E-state index in [0.29, 0.717) is 0 Å². The van der Waals surface area contributed by atoms with Gasteiger partial charge < -0.3 is 0 Å². The van der Waals surface area contributed by atoms with Crippen molar-refractivity contribution in [1.29, 1.82) is 0 Å². The SMILES string of the molecule is C/C=C(\C)B(F)F. The molecule has 0 aromatic carbocycles. The molecule has 0 saturated heterocycles. The van der Waals surface area contributed by atoms with E-state index in [2.05, 4.69) is 0 Å². The van der Waals surface area contributed by atoms with Crippen molar-refractivity contribution in [2.75, 3.05) is 0 Å². The van der Waals surface area contributed by atoms with Gasteiger partial charge in [-0.15, -0.1) is 0 Å². The van der Waals surface area contributed by atoms with Crippen molar-refractivity contribution in [3.8, 4) is 0 Å². The fourth-order valence-electron chi connectivity index (χ4n) is 0.126. The molecule has 0 aliphatic carbocycles.